The lowest BCUT2D eigenvalue weighted by Gasteiger charge is -1.99. The number of hydrogen-bond donors (Lipinski definition) is 0. The zero-order valence-corrected chi connectivity index (χ0v) is 8.25. The number of nitro benzene ring substituents is 1. The minimum absolute atomic E-state index is 0.153. The maximum absolute atomic E-state index is 12.6. The quantitative estimate of drug-likeness (QED) is 0.468. The average molecular weight is 248 g/mol. The van der Waals surface area contributed by atoms with Crippen LogP contribution in [0.25, 0.3) is 0 Å². The monoisotopic (exact) mass is 247 g/mol. The van der Waals surface area contributed by atoms with Gasteiger partial charge >= 0.3 is 0 Å². The largest absolute Gasteiger partial charge is 0.275 e. The highest BCUT2D eigenvalue weighted by Gasteiger charge is 2.13. The number of nitrogens with zero attached hydrogens (tertiary/aromatic N) is 1. The smallest absolute Gasteiger partial charge is 0.258 e. The first-order chi connectivity index (χ1) is 6.15. The molecule has 1 rings (SSSR count). The number of nitro groups is 1. The summed E-state index contributed by atoms with van der Waals surface area (Å²) in [5.41, 5.74) is 0.391. The van der Waals surface area contributed by atoms with E-state index in [0.717, 1.165) is 6.07 Å². The lowest BCUT2D eigenvalue weighted by molar-refractivity contribution is -0.385. The Hall–Kier alpha value is -0.970. The number of halogens is 2. The zero-order chi connectivity index (χ0) is 9.84. The zero-order valence-electron chi connectivity index (χ0n) is 6.67. The second-order valence-electron chi connectivity index (χ2n) is 2.47. The lowest BCUT2D eigenvalue weighted by Crippen LogP contribution is -1.96. The number of alkyl halides is 1. The van der Waals surface area contributed by atoms with Gasteiger partial charge in [-0.3, -0.25) is 10.1 Å². The second-order valence-corrected chi connectivity index (χ2v) is 3.26. The fraction of sp³-hybridized carbons (Fsp3) is 0.250. The Morgan fingerprint density at radius 2 is 2.23 bits per heavy atom. The van der Waals surface area contributed by atoms with Gasteiger partial charge in [-0.15, -0.1) is 0 Å². The second kappa shape index (κ2) is 4.32. The first-order valence-electron chi connectivity index (χ1n) is 3.64. The van der Waals surface area contributed by atoms with Crippen LogP contribution in [0.3, 0.4) is 0 Å². The molecule has 0 N–H and O–H groups in total. The van der Waals surface area contributed by atoms with Crippen molar-refractivity contribution in [2.75, 3.05) is 5.33 Å². The summed E-state index contributed by atoms with van der Waals surface area (Å²) in [6.07, 6.45) is 0.524. The van der Waals surface area contributed by atoms with Crippen molar-refractivity contribution in [3.63, 3.8) is 0 Å². The van der Waals surface area contributed by atoms with Gasteiger partial charge in [-0.1, -0.05) is 15.9 Å². The third-order valence-electron chi connectivity index (χ3n) is 1.61. The molecule has 0 unspecified atom stereocenters. The van der Waals surface area contributed by atoms with Gasteiger partial charge in [0.05, 0.1) is 11.0 Å². The van der Waals surface area contributed by atoms with Gasteiger partial charge < -0.3 is 0 Å². The number of aryl methyl sites for hydroxylation is 1. The Balaban J connectivity index is 3.10. The molecule has 0 aliphatic rings. The predicted octanol–water partition coefficient (Wildman–Crippen LogP) is 2.67. The van der Waals surface area contributed by atoms with Gasteiger partial charge in [-0.05, 0) is 18.6 Å². The van der Waals surface area contributed by atoms with E-state index >= 15 is 0 Å². The molecule has 0 aliphatic carbocycles. The SMILES string of the molecule is O=[N+]([O-])c1cc(F)ccc1CCBr. The Labute approximate surface area is 82.8 Å². The van der Waals surface area contributed by atoms with E-state index in [4.69, 9.17) is 0 Å². The Morgan fingerprint density at radius 3 is 2.77 bits per heavy atom. The predicted molar refractivity (Wildman–Crippen MR) is 50.6 cm³/mol. The molecule has 0 saturated heterocycles. The summed E-state index contributed by atoms with van der Waals surface area (Å²) in [6.45, 7) is 0. The molecule has 0 atom stereocenters. The molecule has 0 aliphatic heterocycles. The molecule has 0 heterocycles. The summed E-state index contributed by atoms with van der Waals surface area (Å²) in [6, 6.07) is 3.61. The van der Waals surface area contributed by atoms with Crippen LogP contribution in [0.4, 0.5) is 10.1 Å². The summed E-state index contributed by atoms with van der Waals surface area (Å²) in [5, 5.41) is 11.1. The Bertz CT molecular complexity index is 330. The first kappa shape index (κ1) is 10.1. The van der Waals surface area contributed by atoms with Crippen molar-refractivity contribution in [2.24, 2.45) is 0 Å². The number of hydrogen-bond acceptors (Lipinski definition) is 2. The van der Waals surface area contributed by atoms with Crippen LogP contribution < -0.4 is 0 Å². The Morgan fingerprint density at radius 1 is 1.54 bits per heavy atom. The maximum Gasteiger partial charge on any atom is 0.275 e. The molecular formula is C8H7BrFNO2. The molecule has 0 aromatic heterocycles. The minimum Gasteiger partial charge on any atom is -0.258 e. The lowest BCUT2D eigenvalue weighted by atomic mass is 10.1. The van der Waals surface area contributed by atoms with Gasteiger partial charge in [0.25, 0.3) is 5.69 Å². The molecular weight excluding hydrogens is 241 g/mol. The number of rotatable bonds is 3. The van der Waals surface area contributed by atoms with E-state index < -0.39 is 10.7 Å². The van der Waals surface area contributed by atoms with Gasteiger partial charge in [0.15, 0.2) is 0 Å². The van der Waals surface area contributed by atoms with Crippen LogP contribution in [0.15, 0.2) is 18.2 Å². The average Bonchev–Trinajstić information content (AvgIpc) is 2.08. The molecule has 13 heavy (non-hydrogen) atoms. The molecule has 0 fully saturated rings. The molecule has 0 amide bonds. The highest BCUT2D eigenvalue weighted by Crippen LogP contribution is 2.20. The van der Waals surface area contributed by atoms with Gasteiger partial charge in [0.2, 0.25) is 0 Å². The van der Waals surface area contributed by atoms with Gasteiger partial charge in [0.1, 0.15) is 5.82 Å². The van der Waals surface area contributed by atoms with E-state index in [2.05, 4.69) is 15.9 Å². The van der Waals surface area contributed by atoms with E-state index in [9.17, 15) is 14.5 Å². The summed E-state index contributed by atoms with van der Waals surface area (Å²) in [4.78, 5) is 9.90. The first-order valence-corrected chi connectivity index (χ1v) is 4.76. The molecule has 1 aromatic carbocycles. The third-order valence-corrected chi connectivity index (χ3v) is 2.00. The van der Waals surface area contributed by atoms with Crippen LogP contribution in [-0.4, -0.2) is 10.3 Å². The van der Waals surface area contributed by atoms with Crippen molar-refractivity contribution in [3.8, 4) is 0 Å². The molecule has 1 aromatic rings. The fourth-order valence-electron chi connectivity index (χ4n) is 1.02. The molecule has 0 saturated carbocycles. The van der Waals surface area contributed by atoms with Gasteiger partial charge in [0, 0.05) is 10.9 Å². The summed E-state index contributed by atoms with van der Waals surface area (Å²) < 4.78 is 12.6. The van der Waals surface area contributed by atoms with Crippen LogP contribution in [0.5, 0.6) is 0 Å². The maximum atomic E-state index is 12.6. The van der Waals surface area contributed by atoms with Crippen molar-refractivity contribution in [2.45, 2.75) is 6.42 Å². The van der Waals surface area contributed by atoms with Crippen molar-refractivity contribution < 1.29 is 9.31 Å². The van der Waals surface area contributed by atoms with E-state index in [1.165, 1.54) is 12.1 Å². The van der Waals surface area contributed by atoms with Crippen LogP contribution in [-0.2, 0) is 6.42 Å². The van der Waals surface area contributed by atoms with Gasteiger partial charge in [-0.2, -0.15) is 0 Å². The minimum atomic E-state index is -0.579. The highest BCUT2D eigenvalue weighted by molar-refractivity contribution is 9.09. The molecule has 0 bridgehead atoms. The van der Waals surface area contributed by atoms with Crippen molar-refractivity contribution in [1.29, 1.82) is 0 Å². The topological polar surface area (TPSA) is 43.1 Å². The molecule has 0 spiro atoms. The van der Waals surface area contributed by atoms with Crippen molar-refractivity contribution in [3.05, 3.63) is 39.7 Å². The van der Waals surface area contributed by atoms with Crippen LogP contribution in [0.2, 0.25) is 0 Å². The standard InChI is InChI=1S/C8H7BrFNO2/c9-4-3-6-1-2-7(10)5-8(6)11(12)13/h1-2,5H,3-4H2. The molecule has 0 radical (unpaired) electrons. The van der Waals surface area contributed by atoms with E-state index in [-0.39, 0.29) is 5.69 Å². The molecule has 5 heteroatoms. The highest BCUT2D eigenvalue weighted by atomic mass is 79.9. The fourth-order valence-corrected chi connectivity index (χ4v) is 1.45. The summed E-state index contributed by atoms with van der Waals surface area (Å²) in [5.74, 6) is -0.579. The van der Waals surface area contributed by atoms with Crippen molar-refractivity contribution in [1.82, 2.24) is 0 Å². The van der Waals surface area contributed by atoms with Crippen LogP contribution in [0, 0.1) is 15.9 Å². The summed E-state index contributed by atoms with van der Waals surface area (Å²) >= 11 is 3.17. The van der Waals surface area contributed by atoms with E-state index in [0.29, 0.717) is 17.3 Å². The molecule has 70 valence electrons. The van der Waals surface area contributed by atoms with Crippen LogP contribution >= 0.6 is 15.9 Å². The Kier molecular flexibility index (Phi) is 3.36. The van der Waals surface area contributed by atoms with E-state index in [1.54, 1.807) is 0 Å². The van der Waals surface area contributed by atoms with Crippen LogP contribution in [0.1, 0.15) is 5.56 Å². The van der Waals surface area contributed by atoms with E-state index in [1.807, 2.05) is 0 Å². The molecule has 3 nitrogen and oxygen atoms in total. The van der Waals surface area contributed by atoms with Gasteiger partial charge in [-0.25, -0.2) is 4.39 Å². The van der Waals surface area contributed by atoms with Crippen molar-refractivity contribution >= 4 is 21.6 Å². The normalized spacial score (nSPS) is 10.0. The summed E-state index contributed by atoms with van der Waals surface area (Å²) in [7, 11) is 0. The number of benzene rings is 1. The third kappa shape index (κ3) is 2.48.